The van der Waals surface area contributed by atoms with Crippen LogP contribution in [-0.2, 0) is 0 Å². The average molecular weight is 244 g/mol. The lowest BCUT2D eigenvalue weighted by molar-refractivity contribution is 0.116. The van der Waals surface area contributed by atoms with Gasteiger partial charge in [0.25, 0.3) is 0 Å². The van der Waals surface area contributed by atoms with Gasteiger partial charge in [-0.15, -0.1) is 0 Å². The zero-order valence-electron chi connectivity index (χ0n) is 10.2. The first-order valence-corrected chi connectivity index (χ1v) is 5.80. The van der Waals surface area contributed by atoms with Gasteiger partial charge in [0.05, 0.1) is 13.7 Å². The van der Waals surface area contributed by atoms with Crippen molar-refractivity contribution in [3.63, 3.8) is 0 Å². The Hall–Kier alpha value is -2.00. The van der Waals surface area contributed by atoms with Gasteiger partial charge in [-0.25, -0.2) is 0 Å². The summed E-state index contributed by atoms with van der Waals surface area (Å²) in [6.45, 7) is -0.0682. The molecule has 0 bridgehead atoms. The third-order valence-corrected chi connectivity index (χ3v) is 2.67. The zero-order chi connectivity index (χ0) is 12.8. The van der Waals surface area contributed by atoms with Crippen LogP contribution in [-0.4, -0.2) is 18.8 Å². The summed E-state index contributed by atoms with van der Waals surface area (Å²) in [5.74, 6) is 1.53. The van der Waals surface area contributed by atoms with Crippen molar-refractivity contribution in [3.05, 3.63) is 60.2 Å². The molecule has 0 aliphatic rings. The fraction of sp³-hybridized carbons (Fsp3) is 0.200. The molecule has 0 amide bonds. The van der Waals surface area contributed by atoms with Crippen LogP contribution in [0.3, 0.4) is 0 Å². The summed E-state index contributed by atoms with van der Waals surface area (Å²) in [5.41, 5.74) is 0.919. The Balaban J connectivity index is 2.12. The van der Waals surface area contributed by atoms with Gasteiger partial charge >= 0.3 is 0 Å². The number of para-hydroxylation sites is 1. The van der Waals surface area contributed by atoms with Gasteiger partial charge in [-0.3, -0.25) is 0 Å². The van der Waals surface area contributed by atoms with Gasteiger partial charge in [0.1, 0.15) is 17.6 Å². The van der Waals surface area contributed by atoms with Gasteiger partial charge in [0.15, 0.2) is 0 Å². The second-order valence-electron chi connectivity index (χ2n) is 3.88. The Morgan fingerprint density at radius 2 is 1.61 bits per heavy atom. The molecule has 0 aliphatic carbocycles. The van der Waals surface area contributed by atoms with Crippen LogP contribution in [0.25, 0.3) is 0 Å². The van der Waals surface area contributed by atoms with E-state index in [4.69, 9.17) is 9.47 Å². The predicted octanol–water partition coefficient (Wildman–Crippen LogP) is 2.81. The third-order valence-electron chi connectivity index (χ3n) is 2.67. The molecule has 2 aromatic rings. The molecular weight excluding hydrogens is 228 g/mol. The van der Waals surface area contributed by atoms with E-state index in [-0.39, 0.29) is 12.7 Å². The van der Waals surface area contributed by atoms with Crippen LogP contribution in [0.2, 0.25) is 0 Å². The molecule has 1 N–H and O–H groups in total. The number of hydrogen-bond donors (Lipinski definition) is 1. The summed E-state index contributed by atoms with van der Waals surface area (Å²) in [6, 6.07) is 17.0. The van der Waals surface area contributed by atoms with Gasteiger partial charge in [0.2, 0.25) is 0 Å². The van der Waals surface area contributed by atoms with Crippen molar-refractivity contribution < 1.29 is 14.6 Å². The maximum Gasteiger partial charge on any atom is 0.147 e. The van der Waals surface area contributed by atoms with E-state index in [9.17, 15) is 5.11 Å². The molecular formula is C15H16O3. The standard InChI is InChI=1S/C15H16O3/c1-17-13-9-7-12(8-10-13)15(11-16)18-14-5-3-2-4-6-14/h2-10,15-16H,11H2,1H3. The molecule has 0 radical (unpaired) electrons. The predicted molar refractivity (Wildman–Crippen MR) is 69.9 cm³/mol. The van der Waals surface area contributed by atoms with Crippen LogP contribution in [0.5, 0.6) is 11.5 Å². The Bertz CT molecular complexity index is 465. The molecule has 18 heavy (non-hydrogen) atoms. The molecule has 0 heterocycles. The van der Waals surface area contributed by atoms with Crippen LogP contribution in [0.4, 0.5) is 0 Å². The summed E-state index contributed by atoms with van der Waals surface area (Å²) in [6.07, 6.45) is -0.363. The van der Waals surface area contributed by atoms with Gasteiger partial charge in [-0.05, 0) is 29.8 Å². The smallest absolute Gasteiger partial charge is 0.147 e. The first-order valence-electron chi connectivity index (χ1n) is 5.80. The Labute approximate surface area is 107 Å². The fourth-order valence-corrected chi connectivity index (χ4v) is 1.69. The highest BCUT2D eigenvalue weighted by atomic mass is 16.5. The highest BCUT2D eigenvalue weighted by Gasteiger charge is 2.12. The molecule has 3 heteroatoms. The zero-order valence-corrected chi connectivity index (χ0v) is 10.2. The van der Waals surface area contributed by atoms with Crippen LogP contribution < -0.4 is 9.47 Å². The fourth-order valence-electron chi connectivity index (χ4n) is 1.69. The number of methoxy groups -OCH3 is 1. The maximum atomic E-state index is 9.41. The molecule has 0 aromatic heterocycles. The highest BCUT2D eigenvalue weighted by molar-refractivity contribution is 5.30. The molecule has 0 spiro atoms. The van der Waals surface area contributed by atoms with E-state index in [2.05, 4.69) is 0 Å². The third kappa shape index (κ3) is 3.02. The Morgan fingerprint density at radius 3 is 2.17 bits per heavy atom. The quantitative estimate of drug-likeness (QED) is 0.879. The van der Waals surface area contributed by atoms with Crippen molar-refractivity contribution in [2.75, 3.05) is 13.7 Å². The number of ether oxygens (including phenoxy) is 2. The van der Waals surface area contributed by atoms with Crippen LogP contribution in [0.15, 0.2) is 54.6 Å². The SMILES string of the molecule is COc1ccc(C(CO)Oc2ccccc2)cc1. The second kappa shape index (κ2) is 6.07. The van der Waals surface area contributed by atoms with Crippen molar-refractivity contribution in [2.45, 2.75) is 6.10 Å². The summed E-state index contributed by atoms with van der Waals surface area (Å²) in [4.78, 5) is 0. The van der Waals surface area contributed by atoms with E-state index in [1.807, 2.05) is 54.6 Å². The van der Waals surface area contributed by atoms with E-state index in [0.29, 0.717) is 0 Å². The summed E-state index contributed by atoms with van der Waals surface area (Å²) < 4.78 is 10.8. The molecule has 1 atom stereocenters. The highest BCUT2D eigenvalue weighted by Crippen LogP contribution is 2.23. The molecule has 0 saturated heterocycles. The second-order valence-corrected chi connectivity index (χ2v) is 3.88. The lowest BCUT2D eigenvalue weighted by atomic mass is 10.1. The van der Waals surface area contributed by atoms with Crippen molar-refractivity contribution >= 4 is 0 Å². The first kappa shape index (κ1) is 12.5. The number of aliphatic hydroxyl groups is 1. The largest absolute Gasteiger partial charge is 0.497 e. The molecule has 2 aromatic carbocycles. The van der Waals surface area contributed by atoms with E-state index in [0.717, 1.165) is 17.1 Å². The molecule has 2 rings (SSSR count). The van der Waals surface area contributed by atoms with E-state index in [1.165, 1.54) is 0 Å². The van der Waals surface area contributed by atoms with Crippen molar-refractivity contribution in [1.82, 2.24) is 0 Å². The minimum atomic E-state index is -0.363. The van der Waals surface area contributed by atoms with Crippen molar-refractivity contribution in [1.29, 1.82) is 0 Å². The molecule has 0 fully saturated rings. The maximum absolute atomic E-state index is 9.41. The summed E-state index contributed by atoms with van der Waals surface area (Å²) in [7, 11) is 1.62. The molecule has 1 unspecified atom stereocenters. The lowest BCUT2D eigenvalue weighted by Crippen LogP contribution is -2.11. The summed E-state index contributed by atoms with van der Waals surface area (Å²) >= 11 is 0. The van der Waals surface area contributed by atoms with Crippen LogP contribution in [0.1, 0.15) is 11.7 Å². The minimum Gasteiger partial charge on any atom is -0.497 e. The lowest BCUT2D eigenvalue weighted by Gasteiger charge is -2.17. The number of hydrogen-bond acceptors (Lipinski definition) is 3. The molecule has 94 valence electrons. The van der Waals surface area contributed by atoms with Gasteiger partial charge in [-0.1, -0.05) is 30.3 Å². The van der Waals surface area contributed by atoms with Gasteiger partial charge in [-0.2, -0.15) is 0 Å². The average Bonchev–Trinajstić information content (AvgIpc) is 2.46. The molecule has 3 nitrogen and oxygen atoms in total. The van der Waals surface area contributed by atoms with Crippen LogP contribution >= 0.6 is 0 Å². The van der Waals surface area contributed by atoms with E-state index < -0.39 is 0 Å². The Kier molecular flexibility index (Phi) is 4.20. The number of benzene rings is 2. The number of rotatable bonds is 5. The molecule has 0 saturated carbocycles. The van der Waals surface area contributed by atoms with E-state index >= 15 is 0 Å². The van der Waals surface area contributed by atoms with Crippen LogP contribution in [0, 0.1) is 0 Å². The summed E-state index contributed by atoms with van der Waals surface area (Å²) in [5, 5.41) is 9.41. The monoisotopic (exact) mass is 244 g/mol. The van der Waals surface area contributed by atoms with Crippen molar-refractivity contribution in [2.24, 2.45) is 0 Å². The normalized spacial score (nSPS) is 11.9. The van der Waals surface area contributed by atoms with Crippen molar-refractivity contribution in [3.8, 4) is 11.5 Å². The van der Waals surface area contributed by atoms with E-state index in [1.54, 1.807) is 7.11 Å². The minimum absolute atomic E-state index is 0.0682. The Morgan fingerprint density at radius 1 is 0.944 bits per heavy atom. The molecule has 0 aliphatic heterocycles. The topological polar surface area (TPSA) is 38.7 Å². The van der Waals surface area contributed by atoms with Gasteiger partial charge in [0, 0.05) is 0 Å². The number of aliphatic hydroxyl groups excluding tert-OH is 1. The van der Waals surface area contributed by atoms with Gasteiger partial charge < -0.3 is 14.6 Å². The first-order chi connectivity index (χ1) is 8.83.